The zero-order chi connectivity index (χ0) is 5.28. The number of nitrogens with two attached hydrogens (primary N) is 1. The summed E-state index contributed by atoms with van der Waals surface area (Å²) in [4.78, 5) is 0. The third kappa shape index (κ3) is 0.881. The molecule has 0 bridgehead atoms. The predicted octanol–water partition coefficient (Wildman–Crippen LogP) is 0.285. The van der Waals surface area contributed by atoms with Crippen molar-refractivity contribution in [2.75, 3.05) is 11.5 Å². The lowest BCUT2D eigenvalue weighted by Gasteiger charge is -2.22. The minimum atomic E-state index is 0.360. The molecule has 1 rings (SSSR count). The lowest BCUT2D eigenvalue weighted by atomic mass is 10.2. The van der Waals surface area contributed by atoms with Crippen molar-refractivity contribution < 1.29 is 0 Å². The molecular formula is C4H8N2S. The van der Waals surface area contributed by atoms with Crippen molar-refractivity contribution in [2.45, 2.75) is 0 Å². The largest absolute Gasteiger partial charge is 0.387 e. The molecular weight excluding hydrogens is 108 g/mol. The minimum absolute atomic E-state index is 0.360. The zero-order valence-electron chi connectivity index (χ0n) is 3.98. The summed E-state index contributed by atoms with van der Waals surface area (Å²) in [5.74, 6) is 2.90. The lowest BCUT2D eigenvalue weighted by Crippen LogP contribution is -2.32. The molecule has 1 aliphatic rings. The quantitative estimate of drug-likeness (QED) is 0.382. The molecule has 2 nitrogen and oxygen atoms in total. The smallest absolute Gasteiger partial charge is 0.0953 e. The summed E-state index contributed by atoms with van der Waals surface area (Å²) < 4.78 is 0. The van der Waals surface area contributed by atoms with Crippen LogP contribution in [0.5, 0.6) is 0 Å². The maximum Gasteiger partial charge on any atom is 0.0953 e. The van der Waals surface area contributed by atoms with E-state index in [9.17, 15) is 0 Å². The van der Waals surface area contributed by atoms with Crippen molar-refractivity contribution in [3.63, 3.8) is 0 Å². The first kappa shape index (κ1) is 4.97. The molecule has 0 unspecified atom stereocenters. The van der Waals surface area contributed by atoms with Gasteiger partial charge in [-0.1, -0.05) is 0 Å². The molecule has 0 aliphatic carbocycles. The molecule has 0 atom stereocenters. The monoisotopic (exact) mass is 116 g/mol. The Balaban J connectivity index is 2.27. The van der Waals surface area contributed by atoms with Crippen molar-refractivity contribution >= 4 is 17.6 Å². The van der Waals surface area contributed by atoms with Crippen molar-refractivity contribution in [1.29, 1.82) is 5.41 Å². The number of amidine groups is 1. The van der Waals surface area contributed by atoms with E-state index in [0.29, 0.717) is 11.8 Å². The summed E-state index contributed by atoms with van der Waals surface area (Å²) in [5.41, 5.74) is 5.17. The summed E-state index contributed by atoms with van der Waals surface area (Å²) in [6.07, 6.45) is 0. The van der Waals surface area contributed by atoms with E-state index in [-0.39, 0.29) is 0 Å². The first-order valence-corrected chi connectivity index (χ1v) is 3.38. The van der Waals surface area contributed by atoms with E-state index in [1.807, 2.05) is 11.8 Å². The van der Waals surface area contributed by atoms with Crippen LogP contribution in [-0.4, -0.2) is 17.3 Å². The SMILES string of the molecule is N=C(N)C1CSC1. The van der Waals surface area contributed by atoms with Crippen molar-refractivity contribution in [1.82, 2.24) is 0 Å². The summed E-state index contributed by atoms with van der Waals surface area (Å²) in [5, 5.41) is 6.92. The van der Waals surface area contributed by atoms with E-state index in [1.165, 1.54) is 0 Å². The Morgan fingerprint density at radius 1 is 1.71 bits per heavy atom. The molecule has 0 radical (unpaired) electrons. The van der Waals surface area contributed by atoms with Crippen molar-refractivity contribution in [2.24, 2.45) is 11.7 Å². The Bertz CT molecular complexity index is 87.7. The molecule has 0 aromatic rings. The van der Waals surface area contributed by atoms with Gasteiger partial charge < -0.3 is 5.73 Å². The molecule has 1 fully saturated rings. The molecule has 0 aromatic carbocycles. The van der Waals surface area contributed by atoms with Gasteiger partial charge in [-0.2, -0.15) is 11.8 Å². The molecule has 0 aromatic heterocycles. The van der Waals surface area contributed by atoms with Gasteiger partial charge in [0, 0.05) is 17.4 Å². The Labute approximate surface area is 47.0 Å². The second-order valence-electron chi connectivity index (χ2n) is 1.69. The average Bonchev–Trinajstić information content (AvgIpc) is 1.23. The number of nitrogens with one attached hydrogen (secondary N) is 1. The molecule has 1 aliphatic heterocycles. The molecule has 1 heterocycles. The standard InChI is InChI=1S/C4H8N2S/c5-4(6)3-1-7-2-3/h3H,1-2H2,(H3,5,6). The maximum absolute atomic E-state index is 6.92. The molecule has 0 amide bonds. The maximum atomic E-state index is 6.92. The topological polar surface area (TPSA) is 49.9 Å². The Hall–Kier alpha value is -0.180. The van der Waals surface area contributed by atoms with Gasteiger partial charge in [-0.3, -0.25) is 5.41 Å². The van der Waals surface area contributed by atoms with Gasteiger partial charge in [0.25, 0.3) is 0 Å². The van der Waals surface area contributed by atoms with Crippen LogP contribution in [0.4, 0.5) is 0 Å². The van der Waals surface area contributed by atoms with Crippen molar-refractivity contribution in [3.8, 4) is 0 Å². The van der Waals surface area contributed by atoms with Crippen LogP contribution < -0.4 is 5.73 Å². The highest BCUT2D eigenvalue weighted by atomic mass is 32.2. The zero-order valence-corrected chi connectivity index (χ0v) is 4.79. The average molecular weight is 116 g/mol. The molecule has 0 spiro atoms. The van der Waals surface area contributed by atoms with E-state index in [2.05, 4.69) is 0 Å². The fraction of sp³-hybridized carbons (Fsp3) is 0.750. The second kappa shape index (κ2) is 1.74. The first-order chi connectivity index (χ1) is 3.30. The van der Waals surface area contributed by atoms with E-state index < -0.39 is 0 Å². The first-order valence-electron chi connectivity index (χ1n) is 2.22. The minimum Gasteiger partial charge on any atom is -0.387 e. The van der Waals surface area contributed by atoms with Gasteiger partial charge in [-0.15, -0.1) is 0 Å². The van der Waals surface area contributed by atoms with Gasteiger partial charge in [0.15, 0.2) is 0 Å². The number of hydrogen-bond donors (Lipinski definition) is 2. The fourth-order valence-electron chi connectivity index (χ4n) is 0.415. The molecule has 3 heteroatoms. The van der Waals surface area contributed by atoms with Gasteiger partial charge in [0.05, 0.1) is 5.84 Å². The molecule has 7 heavy (non-hydrogen) atoms. The highest BCUT2D eigenvalue weighted by molar-refractivity contribution is 8.00. The molecule has 40 valence electrons. The van der Waals surface area contributed by atoms with E-state index in [4.69, 9.17) is 11.1 Å². The fourth-order valence-corrected chi connectivity index (χ4v) is 1.25. The summed E-state index contributed by atoms with van der Waals surface area (Å²) in [7, 11) is 0. The highest BCUT2D eigenvalue weighted by Gasteiger charge is 2.19. The summed E-state index contributed by atoms with van der Waals surface area (Å²) in [6, 6.07) is 0. The number of thioether (sulfide) groups is 1. The van der Waals surface area contributed by atoms with Crippen LogP contribution in [0.2, 0.25) is 0 Å². The summed E-state index contributed by atoms with van der Waals surface area (Å²) >= 11 is 1.85. The van der Waals surface area contributed by atoms with Gasteiger partial charge >= 0.3 is 0 Å². The van der Waals surface area contributed by atoms with E-state index >= 15 is 0 Å². The number of hydrogen-bond acceptors (Lipinski definition) is 2. The molecule has 3 N–H and O–H groups in total. The van der Waals surface area contributed by atoms with Crippen molar-refractivity contribution in [3.05, 3.63) is 0 Å². The Morgan fingerprint density at radius 2 is 2.29 bits per heavy atom. The Kier molecular flexibility index (Phi) is 1.23. The van der Waals surface area contributed by atoms with Gasteiger partial charge in [0.2, 0.25) is 0 Å². The number of rotatable bonds is 1. The normalized spacial score (nSPS) is 21.1. The van der Waals surface area contributed by atoms with Gasteiger partial charge in [-0.05, 0) is 0 Å². The predicted molar refractivity (Wildman–Crippen MR) is 32.7 cm³/mol. The van der Waals surface area contributed by atoms with Crippen LogP contribution >= 0.6 is 11.8 Å². The van der Waals surface area contributed by atoms with E-state index in [0.717, 1.165) is 11.5 Å². The third-order valence-corrected chi connectivity index (χ3v) is 2.35. The van der Waals surface area contributed by atoms with Gasteiger partial charge in [0.1, 0.15) is 0 Å². The van der Waals surface area contributed by atoms with Crippen LogP contribution in [0, 0.1) is 11.3 Å². The van der Waals surface area contributed by atoms with E-state index in [1.54, 1.807) is 0 Å². The van der Waals surface area contributed by atoms with Crippen LogP contribution in [-0.2, 0) is 0 Å². The van der Waals surface area contributed by atoms with Crippen LogP contribution in [0.25, 0.3) is 0 Å². The van der Waals surface area contributed by atoms with Crippen LogP contribution in [0.3, 0.4) is 0 Å². The Morgan fingerprint density at radius 3 is 2.29 bits per heavy atom. The molecule has 1 saturated heterocycles. The lowest BCUT2D eigenvalue weighted by molar-refractivity contribution is 0.847. The van der Waals surface area contributed by atoms with Crippen LogP contribution in [0.1, 0.15) is 0 Å². The van der Waals surface area contributed by atoms with Gasteiger partial charge in [-0.25, -0.2) is 0 Å². The highest BCUT2D eigenvalue weighted by Crippen LogP contribution is 2.23. The third-order valence-electron chi connectivity index (χ3n) is 1.08. The van der Waals surface area contributed by atoms with Crippen LogP contribution in [0.15, 0.2) is 0 Å². The molecule has 0 saturated carbocycles. The second-order valence-corrected chi connectivity index (χ2v) is 2.76. The summed E-state index contributed by atoms with van der Waals surface area (Å²) in [6.45, 7) is 0.